The van der Waals surface area contributed by atoms with Gasteiger partial charge in [-0.3, -0.25) is 0 Å². The van der Waals surface area contributed by atoms with Gasteiger partial charge in [-0.1, -0.05) is 41.9 Å². The predicted molar refractivity (Wildman–Crippen MR) is 94.1 cm³/mol. The zero-order valence-corrected chi connectivity index (χ0v) is 14.7. The van der Waals surface area contributed by atoms with Crippen LogP contribution in [0, 0.1) is 0 Å². The lowest BCUT2D eigenvalue weighted by Crippen LogP contribution is -2.21. The van der Waals surface area contributed by atoms with Gasteiger partial charge >= 0.3 is 6.18 Å². The van der Waals surface area contributed by atoms with Crippen molar-refractivity contribution in [3.8, 4) is 0 Å². The van der Waals surface area contributed by atoms with E-state index >= 15 is 0 Å². The van der Waals surface area contributed by atoms with Gasteiger partial charge in [0.1, 0.15) is 11.6 Å². The topological polar surface area (TPSA) is 34.0 Å². The molecule has 0 fully saturated rings. The van der Waals surface area contributed by atoms with Crippen LogP contribution in [-0.2, 0) is 19.3 Å². The van der Waals surface area contributed by atoms with E-state index in [0.29, 0.717) is 13.1 Å². The second kappa shape index (κ2) is 7.37. The maximum Gasteiger partial charge on any atom is 0.417 e. The summed E-state index contributed by atoms with van der Waals surface area (Å²) in [5.74, 6) is 1.03. The maximum atomic E-state index is 12.7. The molecule has 2 heterocycles. The molecule has 0 amide bonds. The fraction of sp³-hybridized carbons (Fsp3) is 0.222. The summed E-state index contributed by atoms with van der Waals surface area (Å²) in [5.41, 5.74) is 0.255. The van der Waals surface area contributed by atoms with Crippen LogP contribution in [0.3, 0.4) is 0 Å². The Balaban J connectivity index is 1.77. The predicted octanol–water partition coefficient (Wildman–Crippen LogP) is 4.64. The molecule has 136 valence electrons. The molecular weight excluding hydrogens is 365 g/mol. The molecule has 0 N–H and O–H groups in total. The first-order valence-electron chi connectivity index (χ1n) is 7.82. The molecule has 0 aliphatic heterocycles. The van der Waals surface area contributed by atoms with Gasteiger partial charge in [-0.2, -0.15) is 13.2 Å². The van der Waals surface area contributed by atoms with Gasteiger partial charge in [0.2, 0.25) is 0 Å². The van der Waals surface area contributed by atoms with Gasteiger partial charge in [0, 0.05) is 32.2 Å². The average molecular weight is 381 g/mol. The van der Waals surface area contributed by atoms with E-state index < -0.39 is 11.7 Å². The maximum absolute atomic E-state index is 12.7. The molecule has 0 unspecified atom stereocenters. The fourth-order valence-electron chi connectivity index (χ4n) is 2.57. The monoisotopic (exact) mass is 380 g/mol. The second-order valence-corrected chi connectivity index (χ2v) is 6.25. The highest BCUT2D eigenvalue weighted by atomic mass is 35.5. The van der Waals surface area contributed by atoms with E-state index in [9.17, 15) is 13.2 Å². The van der Waals surface area contributed by atoms with E-state index in [1.54, 1.807) is 18.1 Å². The van der Waals surface area contributed by atoms with Crippen LogP contribution < -0.4 is 4.90 Å². The molecule has 8 heteroatoms. The van der Waals surface area contributed by atoms with Gasteiger partial charge in [0.25, 0.3) is 0 Å². The van der Waals surface area contributed by atoms with Gasteiger partial charge in [0.15, 0.2) is 0 Å². The van der Waals surface area contributed by atoms with Crippen LogP contribution in [-0.4, -0.2) is 21.6 Å². The van der Waals surface area contributed by atoms with E-state index in [4.69, 9.17) is 11.6 Å². The SMILES string of the molecule is CN(Cc1nccn1Cc1ccccc1)c1ncc(C(F)(F)F)cc1Cl. The van der Waals surface area contributed by atoms with Crippen LogP contribution in [0.4, 0.5) is 19.0 Å². The van der Waals surface area contributed by atoms with E-state index in [0.717, 1.165) is 23.7 Å². The first-order chi connectivity index (χ1) is 12.3. The van der Waals surface area contributed by atoms with E-state index in [1.807, 2.05) is 41.1 Å². The summed E-state index contributed by atoms with van der Waals surface area (Å²) in [6.45, 7) is 1.01. The summed E-state index contributed by atoms with van der Waals surface area (Å²) in [6, 6.07) is 10.8. The molecule has 0 saturated heterocycles. The number of aromatic nitrogens is 3. The quantitative estimate of drug-likeness (QED) is 0.647. The van der Waals surface area contributed by atoms with Crippen molar-refractivity contribution in [1.82, 2.24) is 14.5 Å². The number of imidazole rings is 1. The van der Waals surface area contributed by atoms with Crippen LogP contribution in [0.1, 0.15) is 17.0 Å². The van der Waals surface area contributed by atoms with Crippen molar-refractivity contribution in [2.24, 2.45) is 0 Å². The highest BCUT2D eigenvalue weighted by Crippen LogP contribution is 2.33. The molecule has 0 aliphatic carbocycles. The standard InChI is InChI=1S/C18H16ClF3N4/c1-25(17-15(19)9-14(10-24-17)18(20,21)22)12-16-23-7-8-26(16)11-13-5-3-2-4-6-13/h2-10H,11-12H2,1H3. The first kappa shape index (κ1) is 18.3. The molecular formula is C18H16ClF3N4. The van der Waals surface area contributed by atoms with Crippen molar-refractivity contribution in [3.05, 3.63) is 77.0 Å². The Morgan fingerprint density at radius 3 is 2.54 bits per heavy atom. The molecule has 0 saturated carbocycles. The number of benzene rings is 1. The minimum Gasteiger partial charge on any atom is -0.351 e. The lowest BCUT2D eigenvalue weighted by molar-refractivity contribution is -0.137. The molecule has 2 aromatic heterocycles. The van der Waals surface area contributed by atoms with Crippen molar-refractivity contribution in [2.75, 3.05) is 11.9 Å². The fourth-order valence-corrected chi connectivity index (χ4v) is 2.88. The van der Waals surface area contributed by atoms with Crippen LogP contribution >= 0.6 is 11.6 Å². The van der Waals surface area contributed by atoms with Crippen LogP contribution in [0.5, 0.6) is 0 Å². The molecule has 3 rings (SSSR count). The normalized spacial score (nSPS) is 11.6. The summed E-state index contributed by atoms with van der Waals surface area (Å²) in [7, 11) is 1.71. The Bertz CT molecular complexity index is 878. The summed E-state index contributed by atoms with van der Waals surface area (Å²) in [5, 5.41) is -0.0523. The third-order valence-corrected chi connectivity index (χ3v) is 4.16. The summed E-state index contributed by atoms with van der Waals surface area (Å²) < 4.78 is 40.2. The van der Waals surface area contributed by atoms with Crippen molar-refractivity contribution in [2.45, 2.75) is 19.3 Å². The van der Waals surface area contributed by atoms with Gasteiger partial charge in [0.05, 0.1) is 17.1 Å². The minimum absolute atomic E-state index is 0.0523. The lowest BCUT2D eigenvalue weighted by Gasteiger charge is -2.20. The highest BCUT2D eigenvalue weighted by Gasteiger charge is 2.31. The number of anilines is 1. The number of alkyl halides is 3. The number of halogens is 4. The van der Waals surface area contributed by atoms with Crippen molar-refractivity contribution in [3.63, 3.8) is 0 Å². The summed E-state index contributed by atoms with van der Waals surface area (Å²) >= 11 is 6.01. The Kier molecular flexibility index (Phi) is 5.18. The van der Waals surface area contributed by atoms with Crippen molar-refractivity contribution in [1.29, 1.82) is 0 Å². The largest absolute Gasteiger partial charge is 0.417 e. The van der Waals surface area contributed by atoms with Gasteiger partial charge < -0.3 is 9.47 Å². The smallest absolute Gasteiger partial charge is 0.351 e. The Morgan fingerprint density at radius 1 is 1.15 bits per heavy atom. The number of hydrogen-bond donors (Lipinski definition) is 0. The second-order valence-electron chi connectivity index (χ2n) is 5.84. The molecule has 1 aromatic carbocycles. The number of hydrogen-bond acceptors (Lipinski definition) is 3. The van der Waals surface area contributed by atoms with Crippen molar-refractivity contribution < 1.29 is 13.2 Å². The molecule has 0 atom stereocenters. The molecule has 4 nitrogen and oxygen atoms in total. The third kappa shape index (κ3) is 4.16. The van der Waals surface area contributed by atoms with Crippen LogP contribution in [0.15, 0.2) is 55.0 Å². The molecule has 0 bridgehead atoms. The van der Waals surface area contributed by atoms with Gasteiger partial charge in [-0.25, -0.2) is 9.97 Å². The minimum atomic E-state index is -4.47. The Morgan fingerprint density at radius 2 is 1.88 bits per heavy atom. The summed E-state index contributed by atoms with van der Waals surface area (Å²) in [4.78, 5) is 9.88. The third-order valence-electron chi connectivity index (χ3n) is 3.89. The number of nitrogens with zero attached hydrogens (tertiary/aromatic N) is 4. The van der Waals surface area contributed by atoms with Gasteiger partial charge in [-0.15, -0.1) is 0 Å². The zero-order chi connectivity index (χ0) is 18.7. The van der Waals surface area contributed by atoms with E-state index in [1.165, 1.54) is 0 Å². The number of rotatable bonds is 5. The molecule has 3 aromatic rings. The van der Waals surface area contributed by atoms with Crippen molar-refractivity contribution >= 4 is 17.4 Å². The average Bonchev–Trinajstić information content (AvgIpc) is 3.01. The molecule has 0 radical (unpaired) electrons. The summed E-state index contributed by atoms with van der Waals surface area (Å²) in [6.07, 6.45) is -0.139. The first-order valence-corrected chi connectivity index (χ1v) is 8.20. The Hall–Kier alpha value is -2.54. The zero-order valence-electron chi connectivity index (χ0n) is 13.9. The van der Waals surface area contributed by atoms with Gasteiger partial charge in [-0.05, 0) is 11.6 Å². The van der Waals surface area contributed by atoms with E-state index in [2.05, 4.69) is 9.97 Å². The number of pyridine rings is 1. The molecule has 26 heavy (non-hydrogen) atoms. The molecule has 0 spiro atoms. The molecule has 0 aliphatic rings. The lowest BCUT2D eigenvalue weighted by atomic mass is 10.2. The van der Waals surface area contributed by atoms with Crippen LogP contribution in [0.25, 0.3) is 0 Å². The van der Waals surface area contributed by atoms with E-state index in [-0.39, 0.29) is 10.8 Å². The van der Waals surface area contributed by atoms with Crippen LogP contribution in [0.2, 0.25) is 5.02 Å². The highest BCUT2D eigenvalue weighted by molar-refractivity contribution is 6.33. The Labute approximate surface area is 153 Å².